The van der Waals surface area contributed by atoms with Gasteiger partial charge >= 0.3 is 6.18 Å². The molecule has 0 N–H and O–H groups in total. The Morgan fingerprint density at radius 1 is 1.26 bits per heavy atom. The molecule has 3 nitrogen and oxygen atoms in total. The van der Waals surface area contributed by atoms with E-state index in [4.69, 9.17) is 0 Å². The Bertz CT molecular complexity index is 430. The van der Waals surface area contributed by atoms with Crippen molar-refractivity contribution in [2.24, 2.45) is 4.99 Å². The van der Waals surface area contributed by atoms with Crippen molar-refractivity contribution in [2.75, 3.05) is 13.1 Å². The Balaban J connectivity index is 2.09. The highest BCUT2D eigenvalue weighted by Crippen LogP contribution is 2.27. The Hall–Kier alpha value is -1.24. The van der Waals surface area contributed by atoms with Crippen LogP contribution in [0.3, 0.4) is 0 Å². The van der Waals surface area contributed by atoms with E-state index in [1.54, 1.807) is 6.34 Å². The molecule has 0 aromatic carbocycles. The first kappa shape index (κ1) is 14.2. The van der Waals surface area contributed by atoms with Gasteiger partial charge in [0.15, 0.2) is 0 Å². The number of halogens is 3. The minimum Gasteiger partial charge on any atom is -0.370 e. The number of rotatable bonds is 5. The summed E-state index contributed by atoms with van der Waals surface area (Å²) >= 11 is 0. The average Bonchev–Trinajstić information content (AvgIpc) is 3.01. The fourth-order valence-electron chi connectivity index (χ4n) is 2.45. The number of aromatic nitrogens is 1. The lowest BCUT2D eigenvalue weighted by Gasteiger charge is -2.37. The van der Waals surface area contributed by atoms with Crippen LogP contribution in [0.15, 0.2) is 29.5 Å². The molecular weight excluding hydrogens is 271 g/mol. The zero-order valence-corrected chi connectivity index (χ0v) is 11.9. The number of hydrogen-bond donors (Lipinski definition) is 0. The van der Waals surface area contributed by atoms with E-state index in [1.807, 2.05) is 24.5 Å². The minimum atomic E-state index is -4.06. The molecule has 2 heterocycles. The molecule has 0 aliphatic carbocycles. The van der Waals surface area contributed by atoms with Crippen LogP contribution in [0.5, 0.6) is 0 Å². The van der Waals surface area contributed by atoms with Gasteiger partial charge in [-0.3, -0.25) is 4.99 Å². The normalized spacial score (nSPS) is 18.8. The molecule has 0 spiro atoms. The van der Waals surface area contributed by atoms with E-state index in [2.05, 4.69) is 20.3 Å². The highest BCUT2D eigenvalue weighted by molar-refractivity contribution is 6.76. The monoisotopic (exact) mass is 289 g/mol. The van der Waals surface area contributed by atoms with E-state index >= 15 is 0 Å². The second-order valence-corrected chi connectivity index (χ2v) is 9.02. The van der Waals surface area contributed by atoms with Gasteiger partial charge < -0.3 is 8.80 Å². The van der Waals surface area contributed by atoms with E-state index < -0.39 is 21.0 Å². The summed E-state index contributed by atoms with van der Waals surface area (Å²) in [5.41, 5.74) is 0. The second-order valence-electron chi connectivity index (χ2n) is 4.99. The summed E-state index contributed by atoms with van der Waals surface area (Å²) in [5.74, 6) is 0. The van der Waals surface area contributed by atoms with Crippen LogP contribution in [0, 0.1) is 0 Å². The molecule has 0 saturated carbocycles. The van der Waals surface area contributed by atoms with Crippen molar-refractivity contribution in [3.05, 3.63) is 24.5 Å². The van der Waals surface area contributed by atoms with Crippen LogP contribution in [0.1, 0.15) is 12.8 Å². The molecule has 7 heteroatoms. The van der Waals surface area contributed by atoms with E-state index in [9.17, 15) is 13.2 Å². The number of nitrogens with zero attached hydrogens (tertiary/aromatic N) is 3. The second kappa shape index (κ2) is 5.40. The average molecular weight is 289 g/mol. The van der Waals surface area contributed by atoms with Gasteiger partial charge in [0, 0.05) is 13.0 Å². The fraction of sp³-hybridized carbons (Fsp3) is 0.583. The Labute approximate surface area is 111 Å². The van der Waals surface area contributed by atoms with Crippen LogP contribution in [0.2, 0.25) is 12.6 Å². The first-order chi connectivity index (χ1) is 8.92. The highest BCUT2D eigenvalue weighted by atomic mass is 28.3. The van der Waals surface area contributed by atoms with Crippen LogP contribution in [-0.4, -0.2) is 42.8 Å². The quantitative estimate of drug-likeness (QED) is 0.763. The van der Waals surface area contributed by atoms with Crippen molar-refractivity contribution in [3.8, 4) is 0 Å². The Morgan fingerprint density at radius 2 is 1.95 bits per heavy atom. The van der Waals surface area contributed by atoms with Crippen molar-refractivity contribution in [2.45, 2.75) is 31.6 Å². The maximum atomic E-state index is 12.3. The molecule has 1 unspecified atom stereocenters. The first-order valence-electron chi connectivity index (χ1n) is 6.39. The predicted octanol–water partition coefficient (Wildman–Crippen LogP) is 3.09. The number of aliphatic imine (C=N–C) groups is 1. The molecule has 1 aliphatic rings. The molecule has 1 aliphatic heterocycles. The van der Waals surface area contributed by atoms with Gasteiger partial charge in [0.25, 0.3) is 8.40 Å². The maximum absolute atomic E-state index is 12.3. The van der Waals surface area contributed by atoms with Crippen molar-refractivity contribution in [1.82, 2.24) is 8.80 Å². The van der Waals surface area contributed by atoms with Crippen molar-refractivity contribution in [1.29, 1.82) is 0 Å². The third kappa shape index (κ3) is 3.40. The third-order valence-electron chi connectivity index (χ3n) is 3.58. The zero-order valence-electron chi connectivity index (χ0n) is 10.9. The summed E-state index contributed by atoms with van der Waals surface area (Å²) in [6.07, 6.45) is 1.11. The summed E-state index contributed by atoms with van der Waals surface area (Å²) in [6, 6.07) is 4.41. The smallest absolute Gasteiger partial charge is 0.370 e. The van der Waals surface area contributed by atoms with Crippen LogP contribution in [0.4, 0.5) is 13.2 Å². The van der Waals surface area contributed by atoms with Gasteiger partial charge in [0.1, 0.15) is 0 Å². The van der Waals surface area contributed by atoms with E-state index in [1.165, 1.54) is 0 Å². The lowest BCUT2D eigenvalue weighted by atomic mass is 10.3. The van der Waals surface area contributed by atoms with Crippen LogP contribution in [0.25, 0.3) is 0 Å². The highest BCUT2D eigenvalue weighted by Gasteiger charge is 2.38. The molecule has 19 heavy (non-hydrogen) atoms. The van der Waals surface area contributed by atoms with E-state index in [-0.39, 0.29) is 6.42 Å². The molecule has 0 amide bonds. The summed E-state index contributed by atoms with van der Waals surface area (Å²) in [5, 5.41) is 0. The molecule has 0 saturated heterocycles. The minimum absolute atomic E-state index is 0.175. The largest absolute Gasteiger partial charge is 0.389 e. The molecule has 106 valence electrons. The van der Waals surface area contributed by atoms with Gasteiger partial charge in [-0.15, -0.1) is 0 Å². The first-order valence-corrected chi connectivity index (χ1v) is 8.99. The van der Waals surface area contributed by atoms with Gasteiger partial charge in [-0.1, -0.05) is 0 Å². The van der Waals surface area contributed by atoms with Gasteiger partial charge in [0.05, 0.1) is 12.9 Å². The van der Waals surface area contributed by atoms with Crippen molar-refractivity contribution >= 4 is 14.7 Å². The van der Waals surface area contributed by atoms with Crippen molar-refractivity contribution < 1.29 is 13.2 Å². The summed E-state index contributed by atoms with van der Waals surface area (Å²) in [7, 11) is -2.14. The molecule has 1 aromatic rings. The standard InChI is InChI=1S/C12H18F3N3Si/c1-19(17-7-2-3-8-17,18-9-6-16-11-18)10-4-5-12(13,14)15/h2-3,7-8,11H,4-6,9-10H2,1H3. The Kier molecular flexibility index (Phi) is 4.03. The lowest BCUT2D eigenvalue weighted by molar-refractivity contribution is -0.134. The van der Waals surface area contributed by atoms with Gasteiger partial charge in [0.2, 0.25) is 0 Å². The lowest BCUT2D eigenvalue weighted by Crippen LogP contribution is -2.55. The van der Waals surface area contributed by atoms with E-state index in [0.717, 1.165) is 13.1 Å². The maximum Gasteiger partial charge on any atom is 0.389 e. The molecular formula is C12H18F3N3Si. The predicted molar refractivity (Wildman–Crippen MR) is 71.6 cm³/mol. The molecule has 0 bridgehead atoms. The summed E-state index contributed by atoms with van der Waals surface area (Å²) in [4.78, 5) is 4.20. The van der Waals surface area contributed by atoms with Gasteiger partial charge in [-0.05, 0) is 43.5 Å². The third-order valence-corrected chi connectivity index (χ3v) is 7.87. The zero-order chi connectivity index (χ0) is 13.9. The number of alkyl halides is 3. The van der Waals surface area contributed by atoms with E-state index in [0.29, 0.717) is 6.04 Å². The van der Waals surface area contributed by atoms with Crippen molar-refractivity contribution in [3.63, 3.8) is 0 Å². The van der Waals surface area contributed by atoms with Crippen LogP contribution < -0.4 is 0 Å². The molecule has 0 radical (unpaired) electrons. The SMILES string of the molecule is C[Si](CCCC(F)(F)F)(N1C=NCC1)n1cccc1. The van der Waals surface area contributed by atoms with Crippen LogP contribution in [-0.2, 0) is 0 Å². The molecule has 2 rings (SSSR count). The summed E-state index contributed by atoms with van der Waals surface area (Å²) < 4.78 is 41.2. The fourth-order valence-corrected chi connectivity index (χ4v) is 5.86. The topological polar surface area (TPSA) is 20.5 Å². The number of hydrogen-bond acceptors (Lipinski definition) is 2. The Morgan fingerprint density at radius 3 is 2.47 bits per heavy atom. The van der Waals surface area contributed by atoms with Gasteiger partial charge in [-0.2, -0.15) is 13.2 Å². The summed E-state index contributed by atoms with van der Waals surface area (Å²) in [6.45, 7) is 3.65. The molecule has 1 atom stereocenters. The molecule has 0 fully saturated rings. The molecule has 1 aromatic heterocycles. The van der Waals surface area contributed by atoms with Gasteiger partial charge in [-0.25, -0.2) is 0 Å². The van der Waals surface area contributed by atoms with Crippen LogP contribution >= 0.6 is 0 Å².